The van der Waals surface area contributed by atoms with Gasteiger partial charge < -0.3 is 4.74 Å². The number of benzene rings is 2. The number of hydrogen-bond acceptors (Lipinski definition) is 4. The van der Waals surface area contributed by atoms with Crippen LogP contribution >= 0.6 is 0 Å². The van der Waals surface area contributed by atoms with E-state index >= 15 is 0 Å². The first-order valence-corrected chi connectivity index (χ1v) is 8.16. The van der Waals surface area contributed by atoms with Gasteiger partial charge in [-0.1, -0.05) is 35.9 Å². The molecule has 0 radical (unpaired) electrons. The van der Waals surface area contributed by atoms with Crippen LogP contribution in [0.2, 0.25) is 0 Å². The number of rotatable bonds is 4. The van der Waals surface area contributed by atoms with Crippen LogP contribution in [-0.2, 0) is 25.7 Å². The Hall–Kier alpha value is -2.45. The lowest BCUT2D eigenvalue weighted by atomic mass is 9.84. The molecular formula is C18H17NO3S. The summed E-state index contributed by atoms with van der Waals surface area (Å²) in [5, 5.41) is 9.50. The fraction of sp³-hybridized carbons (Fsp3) is 0.222. The number of hydrogen-bond donors (Lipinski definition) is 0. The standard InChI is InChI=1S/C18H17NO3S/c1-13-8-10-14(11-9-13)23(21)16-7-5-4-6-15(16)18(2,12-19)17(20)22-3/h4-11H,1-3H3/t18-,23+/m1/s1. The Balaban J connectivity index is 2.58. The van der Waals surface area contributed by atoms with Crippen LogP contribution in [0.3, 0.4) is 0 Å². The van der Waals surface area contributed by atoms with Gasteiger partial charge in [-0.05, 0) is 37.6 Å². The Morgan fingerprint density at radius 2 is 1.78 bits per heavy atom. The van der Waals surface area contributed by atoms with Crippen LogP contribution in [-0.4, -0.2) is 17.3 Å². The number of carbonyl (C=O) groups is 1. The van der Waals surface area contributed by atoms with E-state index in [4.69, 9.17) is 4.74 Å². The Morgan fingerprint density at radius 3 is 2.35 bits per heavy atom. The minimum absolute atomic E-state index is 0.397. The maximum atomic E-state index is 12.9. The van der Waals surface area contributed by atoms with Crippen molar-refractivity contribution in [3.8, 4) is 6.07 Å². The van der Waals surface area contributed by atoms with E-state index in [1.54, 1.807) is 36.4 Å². The van der Waals surface area contributed by atoms with E-state index in [-0.39, 0.29) is 0 Å². The predicted octanol–water partition coefficient (Wildman–Crippen LogP) is 3.12. The zero-order valence-corrected chi connectivity index (χ0v) is 14.0. The zero-order valence-electron chi connectivity index (χ0n) is 13.2. The van der Waals surface area contributed by atoms with E-state index in [9.17, 15) is 14.3 Å². The number of methoxy groups -OCH3 is 1. The summed E-state index contributed by atoms with van der Waals surface area (Å²) < 4.78 is 17.7. The Bertz CT molecular complexity index is 793. The van der Waals surface area contributed by atoms with Crippen LogP contribution in [0.5, 0.6) is 0 Å². The normalized spacial score (nSPS) is 14.3. The van der Waals surface area contributed by atoms with Gasteiger partial charge in [0, 0.05) is 9.79 Å². The van der Waals surface area contributed by atoms with Gasteiger partial charge in [-0.2, -0.15) is 5.26 Å². The molecule has 2 aromatic carbocycles. The first kappa shape index (κ1) is 16.9. The molecule has 0 aliphatic rings. The highest BCUT2D eigenvalue weighted by Gasteiger charge is 2.39. The zero-order chi connectivity index (χ0) is 17.0. The summed E-state index contributed by atoms with van der Waals surface area (Å²) in [6, 6.07) is 16.1. The quantitative estimate of drug-likeness (QED) is 0.809. The van der Waals surface area contributed by atoms with Crippen molar-refractivity contribution in [2.24, 2.45) is 0 Å². The third-order valence-corrected chi connectivity index (χ3v) is 5.13. The molecule has 0 bridgehead atoms. The molecule has 0 saturated carbocycles. The van der Waals surface area contributed by atoms with Crippen molar-refractivity contribution >= 4 is 16.8 Å². The van der Waals surface area contributed by atoms with Crippen LogP contribution < -0.4 is 0 Å². The van der Waals surface area contributed by atoms with Crippen molar-refractivity contribution in [2.45, 2.75) is 29.1 Å². The van der Waals surface area contributed by atoms with E-state index in [1.807, 2.05) is 25.1 Å². The molecule has 0 aliphatic heterocycles. The molecule has 0 aromatic heterocycles. The molecule has 2 atom stereocenters. The fourth-order valence-electron chi connectivity index (χ4n) is 2.25. The summed E-state index contributed by atoms with van der Waals surface area (Å²) in [6.07, 6.45) is 0. The van der Waals surface area contributed by atoms with Crippen molar-refractivity contribution in [3.63, 3.8) is 0 Å². The molecular weight excluding hydrogens is 310 g/mol. The molecule has 0 aliphatic carbocycles. The lowest BCUT2D eigenvalue weighted by molar-refractivity contribution is -0.144. The number of ether oxygens (including phenoxy) is 1. The molecule has 0 N–H and O–H groups in total. The van der Waals surface area contributed by atoms with Gasteiger partial charge in [0.15, 0.2) is 5.41 Å². The van der Waals surface area contributed by atoms with E-state index in [1.165, 1.54) is 14.0 Å². The highest BCUT2D eigenvalue weighted by molar-refractivity contribution is 7.85. The summed E-state index contributed by atoms with van der Waals surface area (Å²) >= 11 is 0. The monoisotopic (exact) mass is 327 g/mol. The maximum Gasteiger partial charge on any atom is 0.330 e. The van der Waals surface area contributed by atoms with Gasteiger partial charge in [0.25, 0.3) is 0 Å². The number of nitrogens with zero attached hydrogens (tertiary/aromatic N) is 1. The molecule has 0 heterocycles. The lowest BCUT2D eigenvalue weighted by Gasteiger charge is -2.21. The smallest absolute Gasteiger partial charge is 0.330 e. The van der Waals surface area contributed by atoms with Crippen molar-refractivity contribution in [2.75, 3.05) is 7.11 Å². The van der Waals surface area contributed by atoms with Crippen LogP contribution in [0.25, 0.3) is 0 Å². The molecule has 23 heavy (non-hydrogen) atoms. The Morgan fingerprint density at radius 1 is 1.17 bits per heavy atom. The van der Waals surface area contributed by atoms with Crippen molar-refractivity contribution in [1.29, 1.82) is 5.26 Å². The van der Waals surface area contributed by atoms with E-state index in [2.05, 4.69) is 0 Å². The molecule has 5 heteroatoms. The van der Waals surface area contributed by atoms with Crippen LogP contribution in [0, 0.1) is 18.3 Å². The number of carbonyl (C=O) groups excluding carboxylic acids is 1. The highest BCUT2D eigenvalue weighted by Crippen LogP contribution is 2.31. The second-order valence-corrected chi connectivity index (χ2v) is 6.76. The molecule has 0 fully saturated rings. The molecule has 118 valence electrons. The Kier molecular flexibility index (Phi) is 4.97. The van der Waals surface area contributed by atoms with Crippen molar-refractivity contribution in [1.82, 2.24) is 0 Å². The average molecular weight is 327 g/mol. The molecule has 4 nitrogen and oxygen atoms in total. The van der Waals surface area contributed by atoms with Crippen LogP contribution in [0.15, 0.2) is 58.3 Å². The maximum absolute atomic E-state index is 12.9. The fourth-order valence-corrected chi connectivity index (χ4v) is 3.56. The van der Waals surface area contributed by atoms with Gasteiger partial charge in [0.1, 0.15) is 0 Å². The largest absolute Gasteiger partial charge is 0.468 e. The van der Waals surface area contributed by atoms with Gasteiger partial charge in [0.05, 0.1) is 24.0 Å². The number of esters is 1. The minimum Gasteiger partial charge on any atom is -0.468 e. The van der Waals surface area contributed by atoms with Crippen LogP contribution in [0.4, 0.5) is 0 Å². The topological polar surface area (TPSA) is 67.2 Å². The molecule has 2 rings (SSSR count). The average Bonchev–Trinajstić information content (AvgIpc) is 2.60. The second-order valence-electron chi connectivity index (χ2n) is 5.31. The molecule has 0 amide bonds. The third-order valence-electron chi connectivity index (χ3n) is 3.68. The molecule has 0 saturated heterocycles. The second kappa shape index (κ2) is 6.76. The van der Waals surface area contributed by atoms with Crippen LogP contribution in [0.1, 0.15) is 18.1 Å². The number of nitriles is 1. The van der Waals surface area contributed by atoms with Crippen molar-refractivity contribution in [3.05, 3.63) is 59.7 Å². The van der Waals surface area contributed by atoms with Gasteiger partial charge in [-0.3, -0.25) is 0 Å². The van der Waals surface area contributed by atoms with Gasteiger partial charge in [-0.25, -0.2) is 9.00 Å². The van der Waals surface area contributed by atoms with E-state index in [0.717, 1.165) is 5.56 Å². The van der Waals surface area contributed by atoms with Gasteiger partial charge in [-0.15, -0.1) is 0 Å². The van der Waals surface area contributed by atoms with Crippen molar-refractivity contribution < 1.29 is 13.7 Å². The Labute approximate surface area is 138 Å². The lowest BCUT2D eigenvalue weighted by Crippen LogP contribution is -2.33. The predicted molar refractivity (Wildman–Crippen MR) is 87.3 cm³/mol. The minimum atomic E-state index is -1.51. The molecule has 2 aromatic rings. The first-order valence-electron chi connectivity index (χ1n) is 7.01. The summed E-state index contributed by atoms with van der Waals surface area (Å²) in [4.78, 5) is 13.1. The first-order chi connectivity index (χ1) is 10.9. The van der Waals surface area contributed by atoms with Gasteiger partial charge in [0.2, 0.25) is 0 Å². The summed E-state index contributed by atoms with van der Waals surface area (Å²) in [6.45, 7) is 3.43. The van der Waals surface area contributed by atoms with E-state index in [0.29, 0.717) is 15.4 Å². The number of aryl methyl sites for hydroxylation is 1. The molecule has 0 spiro atoms. The summed E-state index contributed by atoms with van der Waals surface area (Å²) in [5.41, 5.74) is -0.0465. The summed E-state index contributed by atoms with van der Waals surface area (Å²) in [7, 11) is -0.259. The third kappa shape index (κ3) is 3.17. The highest BCUT2D eigenvalue weighted by atomic mass is 32.2. The molecule has 0 unspecified atom stereocenters. The van der Waals surface area contributed by atoms with Gasteiger partial charge >= 0.3 is 5.97 Å². The van der Waals surface area contributed by atoms with E-state index < -0.39 is 22.2 Å². The SMILES string of the molecule is COC(=O)[C@](C)(C#N)c1ccccc1[S@@](=O)c1ccc(C)cc1. The summed E-state index contributed by atoms with van der Waals surface area (Å²) in [5.74, 6) is -0.673.